The van der Waals surface area contributed by atoms with Crippen LogP contribution in [0.1, 0.15) is 22.5 Å². The number of hydrogen-bond donors (Lipinski definition) is 1. The molecule has 0 amide bonds. The lowest BCUT2D eigenvalue weighted by Crippen LogP contribution is -2.00. The summed E-state index contributed by atoms with van der Waals surface area (Å²) in [6.45, 7) is 2.57. The summed E-state index contributed by atoms with van der Waals surface area (Å²) in [4.78, 5) is 16.0. The molecular weight excluding hydrogens is 286 g/mol. The molecule has 0 spiro atoms. The average molecular weight is 303 g/mol. The van der Waals surface area contributed by atoms with Crippen molar-refractivity contribution in [3.63, 3.8) is 0 Å². The van der Waals surface area contributed by atoms with Crippen molar-refractivity contribution in [1.82, 2.24) is 4.98 Å². The first kappa shape index (κ1) is 15.3. The normalized spacial score (nSPS) is 10.9. The molecular formula is C16H17NO3S. The Balaban J connectivity index is 1.96. The van der Waals surface area contributed by atoms with E-state index < -0.39 is 5.97 Å². The standard InChI is InChI=1S/C16H17NO3S/c1-2-13-14(8-9-16(18)19)21-15(17-13)10-11-20-12-6-4-3-5-7-12/h3-9H,2,10-11H2,1H3,(H,18,19)/b9-8+. The minimum absolute atomic E-state index is 0.558. The Labute approximate surface area is 127 Å². The first-order valence-electron chi connectivity index (χ1n) is 6.76. The molecule has 0 aliphatic rings. The van der Waals surface area contributed by atoms with Gasteiger partial charge < -0.3 is 9.84 Å². The Hall–Kier alpha value is -2.14. The highest BCUT2D eigenvalue weighted by molar-refractivity contribution is 7.12. The maximum Gasteiger partial charge on any atom is 0.328 e. The number of rotatable bonds is 7. The zero-order valence-corrected chi connectivity index (χ0v) is 12.6. The first-order chi connectivity index (χ1) is 10.2. The Bertz CT molecular complexity index is 620. The van der Waals surface area contributed by atoms with Gasteiger partial charge in [-0.3, -0.25) is 0 Å². The van der Waals surface area contributed by atoms with Gasteiger partial charge in [0.1, 0.15) is 5.75 Å². The molecule has 0 aliphatic carbocycles. The van der Waals surface area contributed by atoms with Crippen molar-refractivity contribution < 1.29 is 14.6 Å². The summed E-state index contributed by atoms with van der Waals surface area (Å²) in [6.07, 6.45) is 4.26. The van der Waals surface area contributed by atoms with Gasteiger partial charge in [0, 0.05) is 12.5 Å². The van der Waals surface area contributed by atoms with Gasteiger partial charge in [0.25, 0.3) is 0 Å². The molecule has 0 fully saturated rings. The molecule has 0 atom stereocenters. The summed E-state index contributed by atoms with van der Waals surface area (Å²) in [5, 5.41) is 9.66. The maximum absolute atomic E-state index is 10.6. The highest BCUT2D eigenvalue weighted by atomic mass is 32.1. The number of aromatic nitrogens is 1. The van der Waals surface area contributed by atoms with E-state index in [2.05, 4.69) is 4.98 Å². The van der Waals surface area contributed by atoms with Gasteiger partial charge in [-0.15, -0.1) is 11.3 Å². The van der Waals surface area contributed by atoms with Crippen molar-refractivity contribution >= 4 is 23.4 Å². The summed E-state index contributed by atoms with van der Waals surface area (Å²) in [5.41, 5.74) is 0.937. The lowest BCUT2D eigenvalue weighted by molar-refractivity contribution is -0.131. The van der Waals surface area contributed by atoms with Gasteiger partial charge in [-0.1, -0.05) is 25.1 Å². The highest BCUT2D eigenvalue weighted by Gasteiger charge is 2.08. The predicted molar refractivity (Wildman–Crippen MR) is 83.8 cm³/mol. The molecule has 0 bridgehead atoms. The lowest BCUT2D eigenvalue weighted by atomic mass is 10.3. The van der Waals surface area contributed by atoms with Crippen LogP contribution >= 0.6 is 11.3 Å². The van der Waals surface area contributed by atoms with Crippen LogP contribution < -0.4 is 4.74 Å². The number of para-hydroxylation sites is 1. The molecule has 1 N–H and O–H groups in total. The molecule has 21 heavy (non-hydrogen) atoms. The first-order valence-corrected chi connectivity index (χ1v) is 7.58. The Morgan fingerprint density at radius 1 is 1.38 bits per heavy atom. The molecule has 1 heterocycles. The molecule has 0 saturated carbocycles. The third-order valence-electron chi connectivity index (χ3n) is 2.81. The SMILES string of the molecule is CCc1nc(CCOc2ccccc2)sc1/C=C/C(=O)O. The summed E-state index contributed by atoms with van der Waals surface area (Å²) in [7, 11) is 0. The second-order valence-corrected chi connectivity index (χ2v) is 5.47. The van der Waals surface area contributed by atoms with Crippen molar-refractivity contribution in [3.05, 3.63) is 52.0 Å². The fourth-order valence-electron chi connectivity index (χ4n) is 1.82. The van der Waals surface area contributed by atoms with Crippen LogP contribution in [-0.4, -0.2) is 22.7 Å². The van der Waals surface area contributed by atoms with Crippen molar-refractivity contribution in [3.8, 4) is 5.75 Å². The van der Waals surface area contributed by atoms with Gasteiger partial charge >= 0.3 is 5.97 Å². The van der Waals surface area contributed by atoms with Gasteiger partial charge in [-0.2, -0.15) is 0 Å². The van der Waals surface area contributed by atoms with Gasteiger partial charge in [0.2, 0.25) is 0 Å². The van der Waals surface area contributed by atoms with E-state index in [9.17, 15) is 4.79 Å². The molecule has 2 rings (SSSR count). The maximum atomic E-state index is 10.6. The number of benzene rings is 1. The number of carbonyl (C=O) groups is 1. The van der Waals surface area contributed by atoms with Crippen molar-refractivity contribution in [1.29, 1.82) is 0 Å². The Kier molecular flexibility index (Phi) is 5.51. The quantitative estimate of drug-likeness (QED) is 0.796. The van der Waals surface area contributed by atoms with Crippen LogP contribution in [-0.2, 0) is 17.6 Å². The Morgan fingerprint density at radius 2 is 2.14 bits per heavy atom. The monoisotopic (exact) mass is 303 g/mol. The van der Waals surface area contributed by atoms with Crippen molar-refractivity contribution in [2.24, 2.45) is 0 Å². The zero-order chi connectivity index (χ0) is 15.1. The number of aliphatic carboxylic acids is 1. The fraction of sp³-hybridized carbons (Fsp3) is 0.250. The Morgan fingerprint density at radius 3 is 2.81 bits per heavy atom. The van der Waals surface area contributed by atoms with Gasteiger partial charge in [-0.25, -0.2) is 9.78 Å². The molecule has 0 radical (unpaired) electrons. The van der Waals surface area contributed by atoms with Crippen LogP contribution in [0, 0.1) is 0 Å². The summed E-state index contributed by atoms with van der Waals surface area (Å²) in [5.74, 6) is -0.102. The molecule has 0 aliphatic heterocycles. The van der Waals surface area contributed by atoms with Crippen molar-refractivity contribution in [2.45, 2.75) is 19.8 Å². The predicted octanol–water partition coefficient (Wildman–Crippen LogP) is 3.42. The molecule has 0 saturated heterocycles. The van der Waals surface area contributed by atoms with Crippen LogP contribution in [0.3, 0.4) is 0 Å². The van der Waals surface area contributed by atoms with E-state index in [0.717, 1.165) is 33.8 Å². The van der Waals surface area contributed by atoms with Gasteiger partial charge in [0.05, 0.1) is 22.2 Å². The molecule has 2 aromatic rings. The molecule has 0 unspecified atom stereocenters. The fourth-order valence-corrected chi connectivity index (χ4v) is 2.86. The van der Waals surface area contributed by atoms with E-state index in [1.54, 1.807) is 6.08 Å². The number of hydrogen-bond acceptors (Lipinski definition) is 4. The number of nitrogens with zero attached hydrogens (tertiary/aromatic N) is 1. The second-order valence-electron chi connectivity index (χ2n) is 4.36. The molecule has 5 heteroatoms. The molecule has 1 aromatic carbocycles. The minimum Gasteiger partial charge on any atom is -0.493 e. The van der Waals surface area contributed by atoms with Crippen molar-refractivity contribution in [2.75, 3.05) is 6.61 Å². The third-order valence-corrected chi connectivity index (χ3v) is 3.93. The number of carboxylic acids is 1. The molecule has 4 nitrogen and oxygen atoms in total. The zero-order valence-electron chi connectivity index (χ0n) is 11.8. The average Bonchev–Trinajstić information content (AvgIpc) is 2.88. The van der Waals surface area contributed by atoms with E-state index in [-0.39, 0.29) is 0 Å². The van der Waals surface area contributed by atoms with E-state index in [1.165, 1.54) is 11.3 Å². The number of thiazole rings is 1. The summed E-state index contributed by atoms with van der Waals surface area (Å²) in [6, 6.07) is 9.65. The van der Waals surface area contributed by atoms with Crippen LogP contribution in [0.4, 0.5) is 0 Å². The number of aryl methyl sites for hydroxylation is 1. The molecule has 110 valence electrons. The van der Waals surface area contributed by atoms with Crippen LogP contribution in [0.5, 0.6) is 5.75 Å². The van der Waals surface area contributed by atoms with Gasteiger partial charge in [0.15, 0.2) is 0 Å². The largest absolute Gasteiger partial charge is 0.493 e. The minimum atomic E-state index is -0.945. The summed E-state index contributed by atoms with van der Waals surface area (Å²) < 4.78 is 5.65. The number of carboxylic acid groups (broad SMARTS) is 1. The van der Waals surface area contributed by atoms with E-state index in [4.69, 9.17) is 9.84 Å². The van der Waals surface area contributed by atoms with E-state index in [0.29, 0.717) is 13.0 Å². The third kappa shape index (κ3) is 4.72. The highest BCUT2D eigenvalue weighted by Crippen LogP contribution is 2.21. The molecule has 1 aromatic heterocycles. The lowest BCUT2D eigenvalue weighted by Gasteiger charge is -2.03. The van der Waals surface area contributed by atoms with E-state index >= 15 is 0 Å². The second kappa shape index (κ2) is 7.59. The number of ether oxygens (including phenoxy) is 1. The van der Waals surface area contributed by atoms with E-state index in [1.807, 2.05) is 37.3 Å². The smallest absolute Gasteiger partial charge is 0.328 e. The van der Waals surface area contributed by atoms with Crippen LogP contribution in [0.25, 0.3) is 6.08 Å². The topological polar surface area (TPSA) is 59.4 Å². The van der Waals surface area contributed by atoms with Gasteiger partial charge in [-0.05, 0) is 24.6 Å². The van der Waals surface area contributed by atoms with Crippen LogP contribution in [0.2, 0.25) is 0 Å². The van der Waals surface area contributed by atoms with Crippen LogP contribution in [0.15, 0.2) is 36.4 Å². The summed E-state index contributed by atoms with van der Waals surface area (Å²) >= 11 is 1.52.